The summed E-state index contributed by atoms with van der Waals surface area (Å²) in [6.45, 7) is 2.12. The average molecular weight is 399 g/mol. The third kappa shape index (κ3) is 2.96. The van der Waals surface area contributed by atoms with Crippen LogP contribution in [0.15, 0.2) is 108 Å². The fourth-order valence-corrected chi connectivity index (χ4v) is 4.44. The maximum absolute atomic E-state index is 6.43. The number of aryl methyl sites for hydroxylation is 1. The van der Waals surface area contributed by atoms with Crippen molar-refractivity contribution in [3.8, 4) is 11.1 Å². The predicted octanol–water partition coefficient (Wildman–Crippen LogP) is 8.46. The molecule has 6 rings (SSSR count). The Kier molecular flexibility index (Phi) is 4.03. The van der Waals surface area contributed by atoms with Gasteiger partial charge in [0.25, 0.3) is 0 Å². The Bertz CT molecular complexity index is 1540. The van der Waals surface area contributed by atoms with Crippen molar-refractivity contribution in [3.63, 3.8) is 0 Å². The second-order valence-corrected chi connectivity index (χ2v) is 7.97. The first kappa shape index (κ1) is 17.8. The molecule has 0 spiro atoms. The van der Waals surface area contributed by atoms with Gasteiger partial charge in [-0.2, -0.15) is 0 Å². The molecule has 0 atom stereocenters. The number of hydrogen-bond acceptors (Lipinski definition) is 2. The number of fused-ring (bicyclic) bond motifs is 5. The van der Waals surface area contributed by atoms with Crippen molar-refractivity contribution in [1.82, 2.24) is 0 Å². The van der Waals surface area contributed by atoms with Gasteiger partial charge >= 0.3 is 0 Å². The van der Waals surface area contributed by atoms with Gasteiger partial charge in [-0.1, -0.05) is 78.9 Å². The number of para-hydroxylation sites is 1. The maximum atomic E-state index is 6.43. The van der Waals surface area contributed by atoms with Gasteiger partial charge in [0.05, 0.1) is 5.69 Å². The number of nitrogens with one attached hydrogen (secondary N) is 1. The summed E-state index contributed by atoms with van der Waals surface area (Å²) in [6, 6.07) is 36.0. The molecule has 1 aromatic heterocycles. The van der Waals surface area contributed by atoms with E-state index in [0.29, 0.717) is 0 Å². The molecule has 0 saturated carbocycles. The topological polar surface area (TPSA) is 25.2 Å². The van der Waals surface area contributed by atoms with E-state index in [2.05, 4.69) is 109 Å². The third-order valence-corrected chi connectivity index (χ3v) is 5.95. The zero-order valence-electron chi connectivity index (χ0n) is 17.2. The molecule has 31 heavy (non-hydrogen) atoms. The molecule has 0 aliphatic heterocycles. The molecule has 1 N–H and O–H groups in total. The zero-order chi connectivity index (χ0) is 20.8. The van der Waals surface area contributed by atoms with Gasteiger partial charge in [-0.15, -0.1) is 0 Å². The van der Waals surface area contributed by atoms with Crippen LogP contribution in [0.1, 0.15) is 5.56 Å². The Morgan fingerprint density at radius 1 is 0.613 bits per heavy atom. The summed E-state index contributed by atoms with van der Waals surface area (Å²) in [5, 5.41) is 8.36. The molecule has 0 unspecified atom stereocenters. The van der Waals surface area contributed by atoms with Crippen molar-refractivity contribution >= 4 is 44.1 Å². The largest absolute Gasteiger partial charge is 0.454 e. The van der Waals surface area contributed by atoms with Gasteiger partial charge in [0.2, 0.25) is 0 Å². The highest BCUT2D eigenvalue weighted by Gasteiger charge is 2.15. The van der Waals surface area contributed by atoms with E-state index in [-0.39, 0.29) is 0 Å². The van der Waals surface area contributed by atoms with Crippen molar-refractivity contribution < 1.29 is 4.42 Å². The minimum atomic E-state index is 0.893. The van der Waals surface area contributed by atoms with E-state index in [1.54, 1.807) is 0 Å². The SMILES string of the molecule is Cc1cc2ccccc2c2c1oc1c(Nc3ccc(-c4ccccc4)cc3)cccc12. The molecule has 0 amide bonds. The summed E-state index contributed by atoms with van der Waals surface area (Å²) in [5.74, 6) is 0. The first-order chi connectivity index (χ1) is 15.3. The van der Waals surface area contributed by atoms with Crippen LogP contribution in [0.4, 0.5) is 11.4 Å². The van der Waals surface area contributed by atoms with Gasteiger partial charge in [0.1, 0.15) is 5.58 Å². The van der Waals surface area contributed by atoms with Crippen LogP contribution in [-0.2, 0) is 0 Å². The Morgan fingerprint density at radius 2 is 1.32 bits per heavy atom. The fraction of sp³-hybridized carbons (Fsp3) is 0.0345. The second-order valence-electron chi connectivity index (χ2n) is 7.97. The fourth-order valence-electron chi connectivity index (χ4n) is 4.44. The van der Waals surface area contributed by atoms with Crippen molar-refractivity contribution in [2.75, 3.05) is 5.32 Å². The third-order valence-electron chi connectivity index (χ3n) is 5.95. The van der Waals surface area contributed by atoms with Gasteiger partial charge in [0.15, 0.2) is 5.58 Å². The second kappa shape index (κ2) is 7.03. The van der Waals surface area contributed by atoms with Crippen molar-refractivity contribution in [2.45, 2.75) is 6.92 Å². The molecule has 0 saturated heterocycles. The summed E-state index contributed by atoms with van der Waals surface area (Å²) in [7, 11) is 0. The normalized spacial score (nSPS) is 11.4. The molecular weight excluding hydrogens is 378 g/mol. The van der Waals surface area contributed by atoms with Gasteiger partial charge < -0.3 is 9.73 Å². The summed E-state index contributed by atoms with van der Waals surface area (Å²) < 4.78 is 6.43. The Morgan fingerprint density at radius 3 is 2.16 bits per heavy atom. The van der Waals surface area contributed by atoms with E-state index in [9.17, 15) is 0 Å². The lowest BCUT2D eigenvalue weighted by atomic mass is 10.0. The highest BCUT2D eigenvalue weighted by atomic mass is 16.3. The summed E-state index contributed by atoms with van der Waals surface area (Å²) >= 11 is 0. The predicted molar refractivity (Wildman–Crippen MR) is 131 cm³/mol. The molecule has 2 nitrogen and oxygen atoms in total. The van der Waals surface area contributed by atoms with Crippen LogP contribution in [0, 0.1) is 6.92 Å². The molecular formula is C29H21NO. The van der Waals surface area contributed by atoms with Crippen molar-refractivity contribution in [2.24, 2.45) is 0 Å². The first-order valence-electron chi connectivity index (χ1n) is 10.5. The van der Waals surface area contributed by atoms with E-state index in [4.69, 9.17) is 4.42 Å². The lowest BCUT2D eigenvalue weighted by molar-refractivity contribution is 0.667. The minimum absolute atomic E-state index is 0.893. The molecule has 0 aliphatic rings. The first-order valence-corrected chi connectivity index (χ1v) is 10.5. The number of furan rings is 1. The summed E-state index contributed by atoms with van der Waals surface area (Å²) in [4.78, 5) is 0. The highest BCUT2D eigenvalue weighted by molar-refractivity contribution is 6.21. The van der Waals surface area contributed by atoms with E-state index < -0.39 is 0 Å². The quantitative estimate of drug-likeness (QED) is 0.323. The van der Waals surface area contributed by atoms with Crippen LogP contribution >= 0.6 is 0 Å². The highest BCUT2D eigenvalue weighted by Crippen LogP contribution is 2.40. The van der Waals surface area contributed by atoms with E-state index in [1.807, 2.05) is 6.07 Å². The van der Waals surface area contributed by atoms with E-state index >= 15 is 0 Å². The smallest absolute Gasteiger partial charge is 0.158 e. The van der Waals surface area contributed by atoms with Crippen LogP contribution < -0.4 is 5.32 Å². The van der Waals surface area contributed by atoms with Crippen LogP contribution in [-0.4, -0.2) is 0 Å². The monoisotopic (exact) mass is 399 g/mol. The molecule has 1 heterocycles. The number of benzene rings is 5. The molecule has 0 aliphatic carbocycles. The number of anilines is 2. The van der Waals surface area contributed by atoms with Crippen LogP contribution in [0.5, 0.6) is 0 Å². The van der Waals surface area contributed by atoms with E-state index in [0.717, 1.165) is 33.5 Å². The standard InChI is InChI=1S/C29H21NO/c1-19-18-22-10-5-6-11-24(22)27-25-12-7-13-26(29(25)31-28(19)27)30-23-16-14-21(15-17-23)20-8-3-2-4-9-20/h2-18,30H,1H3. The van der Waals surface area contributed by atoms with E-state index in [1.165, 1.54) is 27.3 Å². The zero-order valence-corrected chi connectivity index (χ0v) is 17.2. The van der Waals surface area contributed by atoms with Gasteiger partial charge in [-0.05, 0) is 58.7 Å². The lowest BCUT2D eigenvalue weighted by Gasteiger charge is -2.08. The summed E-state index contributed by atoms with van der Waals surface area (Å²) in [5.41, 5.74) is 7.44. The van der Waals surface area contributed by atoms with Crippen LogP contribution in [0.25, 0.3) is 43.8 Å². The molecule has 0 radical (unpaired) electrons. The van der Waals surface area contributed by atoms with Crippen molar-refractivity contribution in [1.29, 1.82) is 0 Å². The van der Waals surface area contributed by atoms with Crippen LogP contribution in [0.3, 0.4) is 0 Å². The molecule has 0 bridgehead atoms. The summed E-state index contributed by atoms with van der Waals surface area (Å²) in [6.07, 6.45) is 0. The Balaban J connectivity index is 1.46. The number of hydrogen-bond donors (Lipinski definition) is 1. The molecule has 2 heteroatoms. The maximum Gasteiger partial charge on any atom is 0.158 e. The minimum Gasteiger partial charge on any atom is -0.454 e. The molecule has 5 aromatic carbocycles. The molecule has 6 aromatic rings. The molecule has 148 valence electrons. The van der Waals surface area contributed by atoms with Gasteiger partial charge in [-0.3, -0.25) is 0 Å². The Hall–Kier alpha value is -4.04. The average Bonchev–Trinajstić information content (AvgIpc) is 3.22. The Labute approximate surface area is 180 Å². The van der Waals surface area contributed by atoms with Gasteiger partial charge in [-0.25, -0.2) is 0 Å². The lowest BCUT2D eigenvalue weighted by Crippen LogP contribution is -1.90. The van der Waals surface area contributed by atoms with Crippen LogP contribution in [0.2, 0.25) is 0 Å². The molecule has 0 fully saturated rings. The van der Waals surface area contributed by atoms with Crippen molar-refractivity contribution in [3.05, 3.63) is 109 Å². The number of rotatable bonds is 3. The van der Waals surface area contributed by atoms with Gasteiger partial charge in [0, 0.05) is 16.5 Å².